The van der Waals surface area contributed by atoms with Crippen molar-refractivity contribution < 1.29 is 4.79 Å². The van der Waals surface area contributed by atoms with Crippen LogP contribution < -0.4 is 5.32 Å². The number of rotatable bonds is 4. The second-order valence-corrected chi connectivity index (χ2v) is 6.92. The van der Waals surface area contributed by atoms with Gasteiger partial charge in [-0.05, 0) is 37.1 Å². The Morgan fingerprint density at radius 3 is 2.89 bits per heavy atom. The minimum Gasteiger partial charge on any atom is -0.324 e. The van der Waals surface area contributed by atoms with Crippen LogP contribution in [0.1, 0.15) is 30.8 Å². The molecule has 0 aliphatic carbocycles. The highest BCUT2D eigenvalue weighted by molar-refractivity contribution is 6.30. The molecule has 1 aliphatic heterocycles. The maximum atomic E-state index is 12.7. The Balaban J connectivity index is 1.48. The first-order valence-electron chi connectivity index (χ1n) is 8.89. The molecule has 0 bridgehead atoms. The Bertz CT molecular complexity index is 920. The number of aromatic amines is 1. The van der Waals surface area contributed by atoms with Crippen LogP contribution in [0.5, 0.6) is 0 Å². The van der Waals surface area contributed by atoms with E-state index in [0.717, 1.165) is 35.7 Å². The minimum atomic E-state index is -0.123. The fraction of sp³-hybridized carbons (Fsp3) is 0.333. The Morgan fingerprint density at radius 2 is 2.19 bits per heavy atom. The van der Waals surface area contributed by atoms with Crippen molar-refractivity contribution in [2.45, 2.75) is 25.7 Å². The molecule has 2 aromatic heterocycles. The molecular formula is C18H20ClN7O. The number of benzene rings is 1. The molecule has 3 heterocycles. The summed E-state index contributed by atoms with van der Waals surface area (Å²) in [5.74, 6) is 1.02. The lowest BCUT2D eigenvalue weighted by Crippen LogP contribution is -2.33. The van der Waals surface area contributed by atoms with Crippen LogP contribution in [0.4, 0.5) is 10.5 Å². The number of aromatic nitrogens is 5. The van der Waals surface area contributed by atoms with Crippen molar-refractivity contribution in [1.82, 2.24) is 29.9 Å². The number of likely N-dealkylation sites (tertiary alicyclic amines) is 1. The van der Waals surface area contributed by atoms with Gasteiger partial charge in [0.15, 0.2) is 0 Å². The Morgan fingerprint density at radius 1 is 1.37 bits per heavy atom. The highest BCUT2D eigenvalue weighted by Gasteiger charge is 2.29. The summed E-state index contributed by atoms with van der Waals surface area (Å²) >= 11 is 5.97. The molecule has 9 heteroatoms. The van der Waals surface area contributed by atoms with E-state index in [0.29, 0.717) is 18.1 Å². The fourth-order valence-electron chi connectivity index (χ4n) is 3.40. The van der Waals surface area contributed by atoms with Gasteiger partial charge in [-0.2, -0.15) is 10.2 Å². The van der Waals surface area contributed by atoms with Crippen molar-refractivity contribution in [1.29, 1.82) is 0 Å². The van der Waals surface area contributed by atoms with Gasteiger partial charge in [-0.1, -0.05) is 18.5 Å². The van der Waals surface area contributed by atoms with Crippen LogP contribution in [0.2, 0.25) is 5.02 Å². The number of amides is 2. The van der Waals surface area contributed by atoms with E-state index >= 15 is 0 Å². The third-order valence-corrected chi connectivity index (χ3v) is 5.06. The first kappa shape index (κ1) is 17.5. The monoisotopic (exact) mass is 385 g/mol. The number of urea groups is 1. The molecule has 3 aromatic rings. The quantitative estimate of drug-likeness (QED) is 0.721. The molecule has 0 saturated carbocycles. The summed E-state index contributed by atoms with van der Waals surface area (Å²) < 4.78 is 1.83. The van der Waals surface area contributed by atoms with E-state index in [1.165, 1.54) is 6.33 Å². The molecule has 2 N–H and O–H groups in total. The van der Waals surface area contributed by atoms with Gasteiger partial charge in [-0.25, -0.2) is 14.5 Å². The molecule has 140 valence electrons. The molecule has 1 atom stereocenters. The number of anilines is 1. The number of H-pyrrole nitrogens is 1. The predicted octanol–water partition coefficient (Wildman–Crippen LogP) is 3.23. The maximum Gasteiger partial charge on any atom is 0.321 e. The van der Waals surface area contributed by atoms with E-state index in [9.17, 15) is 4.79 Å². The molecule has 8 nitrogen and oxygen atoms in total. The Kier molecular flexibility index (Phi) is 4.81. The zero-order valence-electron chi connectivity index (χ0n) is 14.9. The third-order valence-electron chi connectivity index (χ3n) is 4.81. The fourth-order valence-corrected chi connectivity index (χ4v) is 3.52. The van der Waals surface area contributed by atoms with Gasteiger partial charge in [-0.15, -0.1) is 0 Å². The predicted molar refractivity (Wildman–Crippen MR) is 102 cm³/mol. The minimum absolute atomic E-state index is 0.123. The number of nitrogens with one attached hydrogen (secondary N) is 2. The van der Waals surface area contributed by atoms with Crippen molar-refractivity contribution in [2.24, 2.45) is 0 Å². The molecule has 0 unspecified atom stereocenters. The largest absolute Gasteiger partial charge is 0.324 e. The lowest BCUT2D eigenvalue weighted by Gasteiger charge is -2.17. The van der Waals surface area contributed by atoms with Crippen molar-refractivity contribution in [2.75, 3.05) is 18.4 Å². The van der Waals surface area contributed by atoms with Crippen LogP contribution >= 0.6 is 11.6 Å². The summed E-state index contributed by atoms with van der Waals surface area (Å²) in [6, 6.07) is 7.33. The maximum absolute atomic E-state index is 12.7. The first-order valence-corrected chi connectivity index (χ1v) is 9.27. The third kappa shape index (κ3) is 3.52. The molecule has 1 aromatic carbocycles. The van der Waals surface area contributed by atoms with Crippen molar-refractivity contribution in [3.63, 3.8) is 0 Å². The van der Waals surface area contributed by atoms with Crippen LogP contribution in [0.25, 0.3) is 5.69 Å². The van der Waals surface area contributed by atoms with E-state index < -0.39 is 0 Å². The summed E-state index contributed by atoms with van der Waals surface area (Å²) in [4.78, 5) is 18.7. The second-order valence-electron chi connectivity index (χ2n) is 6.48. The van der Waals surface area contributed by atoms with E-state index in [-0.39, 0.29) is 11.9 Å². The van der Waals surface area contributed by atoms with Gasteiger partial charge >= 0.3 is 6.03 Å². The first-order chi connectivity index (χ1) is 13.2. The lowest BCUT2D eigenvalue weighted by molar-refractivity contribution is 0.222. The van der Waals surface area contributed by atoms with Crippen LogP contribution in [0.3, 0.4) is 0 Å². The van der Waals surface area contributed by atoms with Gasteiger partial charge in [0.2, 0.25) is 0 Å². The van der Waals surface area contributed by atoms with Crippen LogP contribution in [0.15, 0.2) is 36.8 Å². The smallest absolute Gasteiger partial charge is 0.321 e. The lowest BCUT2D eigenvalue weighted by atomic mass is 10.1. The Labute approximate surface area is 161 Å². The van der Waals surface area contributed by atoms with Crippen LogP contribution in [-0.2, 0) is 6.42 Å². The highest BCUT2D eigenvalue weighted by atomic mass is 35.5. The molecule has 0 radical (unpaired) electrons. The molecule has 4 rings (SSSR count). The SMILES string of the molecule is CCc1c(NC(=O)N2CC[C@H](c3ncn[nH]3)C2)cnn1-c1ccc(Cl)cc1. The molecule has 0 spiro atoms. The summed E-state index contributed by atoms with van der Waals surface area (Å²) in [5, 5.41) is 14.9. The number of hydrogen-bond acceptors (Lipinski definition) is 4. The number of carbonyl (C=O) groups is 1. The van der Waals surface area contributed by atoms with E-state index in [2.05, 4.69) is 25.6 Å². The standard InChI is InChI=1S/C18H20ClN7O/c1-2-16-15(9-22-26(16)14-5-3-13(19)4-6-14)23-18(27)25-8-7-12(10-25)17-20-11-21-24-17/h3-6,9,11-12H,2,7-8,10H2,1H3,(H,23,27)(H,20,21,24)/t12-/m0/s1. The average Bonchev–Trinajstić information content (AvgIpc) is 3.42. The van der Waals surface area contributed by atoms with Gasteiger partial charge < -0.3 is 10.2 Å². The average molecular weight is 386 g/mol. The van der Waals surface area contributed by atoms with Crippen molar-refractivity contribution in [3.8, 4) is 5.69 Å². The molecule has 1 fully saturated rings. The number of carbonyl (C=O) groups excluding carboxylic acids is 1. The molecular weight excluding hydrogens is 366 g/mol. The van der Waals surface area contributed by atoms with Crippen molar-refractivity contribution >= 4 is 23.3 Å². The zero-order valence-corrected chi connectivity index (χ0v) is 15.6. The molecule has 2 amide bonds. The van der Waals surface area contributed by atoms with Crippen LogP contribution in [0, 0.1) is 0 Å². The van der Waals surface area contributed by atoms with Crippen LogP contribution in [-0.4, -0.2) is 49.0 Å². The van der Waals surface area contributed by atoms with Gasteiger partial charge in [-0.3, -0.25) is 5.10 Å². The summed E-state index contributed by atoms with van der Waals surface area (Å²) in [6.45, 7) is 3.34. The van der Waals surface area contributed by atoms with E-state index in [1.807, 2.05) is 35.9 Å². The van der Waals surface area contributed by atoms with Crippen molar-refractivity contribution in [3.05, 3.63) is 53.3 Å². The molecule has 27 heavy (non-hydrogen) atoms. The molecule has 1 aliphatic rings. The van der Waals surface area contributed by atoms with Gasteiger partial charge in [0, 0.05) is 24.0 Å². The zero-order chi connectivity index (χ0) is 18.8. The number of nitrogens with zero attached hydrogens (tertiary/aromatic N) is 5. The normalized spacial score (nSPS) is 16.7. The van der Waals surface area contributed by atoms with E-state index in [4.69, 9.17) is 11.6 Å². The topological polar surface area (TPSA) is 91.7 Å². The second kappa shape index (κ2) is 7.40. The number of hydrogen-bond donors (Lipinski definition) is 2. The molecule has 1 saturated heterocycles. The summed E-state index contributed by atoms with van der Waals surface area (Å²) in [6.07, 6.45) is 4.79. The van der Waals surface area contributed by atoms with Gasteiger partial charge in [0.05, 0.1) is 23.3 Å². The summed E-state index contributed by atoms with van der Waals surface area (Å²) in [7, 11) is 0. The van der Waals surface area contributed by atoms with Gasteiger partial charge in [0.25, 0.3) is 0 Å². The van der Waals surface area contributed by atoms with E-state index in [1.54, 1.807) is 11.1 Å². The summed E-state index contributed by atoms with van der Waals surface area (Å²) in [5.41, 5.74) is 2.57. The highest BCUT2D eigenvalue weighted by Crippen LogP contribution is 2.26. The Hall–Kier alpha value is -2.87. The number of halogens is 1. The van der Waals surface area contributed by atoms with Gasteiger partial charge in [0.1, 0.15) is 12.2 Å².